The molecule has 1 atom stereocenters. The molecule has 1 aliphatic rings. The number of amides is 3. The molecule has 3 amide bonds. The molecule has 2 N–H and O–H groups in total. The average Bonchev–Trinajstić information content (AvgIpc) is 3.07. The summed E-state index contributed by atoms with van der Waals surface area (Å²) in [6.45, 7) is 0. The minimum atomic E-state index is -0.844. The van der Waals surface area contributed by atoms with Crippen molar-refractivity contribution in [2.24, 2.45) is 0 Å². The van der Waals surface area contributed by atoms with E-state index in [0.717, 1.165) is 4.90 Å². The molecule has 4 rings (SSSR count). The van der Waals surface area contributed by atoms with Crippen molar-refractivity contribution in [3.05, 3.63) is 84.7 Å². The monoisotopic (exact) mass is 402 g/mol. The van der Waals surface area contributed by atoms with Crippen molar-refractivity contribution < 1.29 is 19.1 Å². The van der Waals surface area contributed by atoms with Gasteiger partial charge in [0.05, 0.1) is 12.1 Å². The van der Waals surface area contributed by atoms with Gasteiger partial charge in [-0.05, 0) is 48.5 Å². The lowest BCUT2D eigenvalue weighted by atomic mass is 10.2. The van der Waals surface area contributed by atoms with Gasteiger partial charge in [0.25, 0.3) is 11.8 Å². The van der Waals surface area contributed by atoms with Crippen LogP contribution >= 0.6 is 0 Å². The fourth-order valence-corrected chi connectivity index (χ4v) is 3.03. The molecular formula is C22H18N4O4. The fourth-order valence-electron chi connectivity index (χ4n) is 3.03. The van der Waals surface area contributed by atoms with Crippen LogP contribution in [0.3, 0.4) is 0 Å². The van der Waals surface area contributed by atoms with E-state index in [4.69, 9.17) is 4.74 Å². The second-order valence-corrected chi connectivity index (χ2v) is 6.57. The molecule has 0 bridgehead atoms. The van der Waals surface area contributed by atoms with E-state index < -0.39 is 17.9 Å². The molecule has 8 nitrogen and oxygen atoms in total. The highest BCUT2D eigenvalue weighted by Gasteiger charge is 2.39. The number of nitrogens with one attached hydrogen (secondary N) is 2. The number of carbonyl (C=O) groups excluding carboxylic acids is 3. The summed E-state index contributed by atoms with van der Waals surface area (Å²) in [5.41, 5.74) is 5.94. The number of hydrogen-bond acceptors (Lipinski definition) is 6. The van der Waals surface area contributed by atoms with Crippen molar-refractivity contribution >= 4 is 23.4 Å². The number of imide groups is 1. The standard InChI is InChI=1S/C22H18N4O4/c27-20-14-19(24-25-21(28)15-10-12-23-13-11-15)22(29)26(20)16-6-8-18(9-7-16)30-17-4-2-1-3-5-17/h1-13,19,24H,14H2,(H,25,28)/t19-/m0/s1. The number of hydrazine groups is 1. The van der Waals surface area contributed by atoms with Crippen molar-refractivity contribution in [2.45, 2.75) is 12.5 Å². The predicted molar refractivity (Wildman–Crippen MR) is 109 cm³/mol. The predicted octanol–water partition coefficient (Wildman–Crippen LogP) is 2.44. The molecule has 1 aliphatic heterocycles. The van der Waals surface area contributed by atoms with Crippen LogP contribution in [-0.2, 0) is 9.59 Å². The molecule has 2 aromatic carbocycles. The van der Waals surface area contributed by atoms with Crippen molar-refractivity contribution in [3.63, 3.8) is 0 Å². The summed E-state index contributed by atoms with van der Waals surface area (Å²) in [4.78, 5) is 42.1. The number of benzene rings is 2. The van der Waals surface area contributed by atoms with Crippen molar-refractivity contribution in [1.29, 1.82) is 0 Å². The van der Waals surface area contributed by atoms with Crippen LogP contribution in [0.15, 0.2) is 79.1 Å². The van der Waals surface area contributed by atoms with Crippen LogP contribution < -0.4 is 20.5 Å². The molecule has 0 spiro atoms. The van der Waals surface area contributed by atoms with Crippen LogP contribution in [0.5, 0.6) is 11.5 Å². The molecule has 0 saturated carbocycles. The summed E-state index contributed by atoms with van der Waals surface area (Å²) in [7, 11) is 0. The fraction of sp³-hybridized carbons (Fsp3) is 0.0909. The van der Waals surface area contributed by atoms with E-state index in [1.807, 2.05) is 30.3 Å². The van der Waals surface area contributed by atoms with Gasteiger partial charge in [-0.1, -0.05) is 18.2 Å². The van der Waals surface area contributed by atoms with E-state index in [-0.39, 0.29) is 12.3 Å². The van der Waals surface area contributed by atoms with E-state index in [2.05, 4.69) is 15.8 Å². The van der Waals surface area contributed by atoms with E-state index in [9.17, 15) is 14.4 Å². The molecule has 2 heterocycles. The van der Waals surface area contributed by atoms with Gasteiger partial charge in [-0.15, -0.1) is 0 Å². The highest BCUT2D eigenvalue weighted by Crippen LogP contribution is 2.27. The first-order valence-corrected chi connectivity index (χ1v) is 9.27. The van der Waals surface area contributed by atoms with Gasteiger partial charge in [0.15, 0.2) is 0 Å². The second-order valence-electron chi connectivity index (χ2n) is 6.57. The topological polar surface area (TPSA) is 101 Å². The molecule has 1 saturated heterocycles. The zero-order valence-corrected chi connectivity index (χ0v) is 15.8. The maximum absolute atomic E-state index is 12.7. The van der Waals surface area contributed by atoms with Crippen molar-refractivity contribution in [3.8, 4) is 11.5 Å². The van der Waals surface area contributed by atoms with Gasteiger partial charge in [-0.25, -0.2) is 10.3 Å². The Kier molecular flexibility index (Phi) is 5.49. The lowest BCUT2D eigenvalue weighted by Crippen LogP contribution is -2.48. The number of nitrogens with zero attached hydrogens (tertiary/aromatic N) is 2. The highest BCUT2D eigenvalue weighted by molar-refractivity contribution is 6.22. The summed E-state index contributed by atoms with van der Waals surface area (Å²) in [5, 5.41) is 0. The summed E-state index contributed by atoms with van der Waals surface area (Å²) >= 11 is 0. The van der Waals surface area contributed by atoms with Crippen LogP contribution in [0, 0.1) is 0 Å². The van der Waals surface area contributed by atoms with Crippen LogP contribution in [0.4, 0.5) is 5.69 Å². The number of para-hydroxylation sites is 1. The number of pyridine rings is 1. The Morgan fingerprint density at radius 2 is 1.60 bits per heavy atom. The molecular weight excluding hydrogens is 384 g/mol. The van der Waals surface area contributed by atoms with Crippen LogP contribution in [0.2, 0.25) is 0 Å². The van der Waals surface area contributed by atoms with Crippen molar-refractivity contribution in [2.75, 3.05) is 4.90 Å². The molecule has 8 heteroatoms. The largest absolute Gasteiger partial charge is 0.457 e. The molecule has 3 aromatic rings. The average molecular weight is 402 g/mol. The summed E-state index contributed by atoms with van der Waals surface area (Å²) in [6.07, 6.45) is 2.93. The first-order chi connectivity index (χ1) is 14.6. The normalized spacial score (nSPS) is 15.9. The molecule has 1 aromatic heterocycles. The SMILES string of the molecule is O=C(NN[C@H]1CC(=O)N(c2ccc(Oc3ccccc3)cc2)C1=O)c1ccncc1. The summed E-state index contributed by atoms with van der Waals surface area (Å²) in [5.74, 6) is 0.0637. The lowest BCUT2D eigenvalue weighted by Gasteiger charge is -2.16. The molecule has 150 valence electrons. The second kappa shape index (κ2) is 8.54. The smallest absolute Gasteiger partial charge is 0.265 e. The van der Waals surface area contributed by atoms with E-state index in [0.29, 0.717) is 22.7 Å². The van der Waals surface area contributed by atoms with E-state index in [1.54, 1.807) is 36.4 Å². The zero-order chi connectivity index (χ0) is 20.9. The molecule has 0 unspecified atom stereocenters. The van der Waals surface area contributed by atoms with Gasteiger partial charge < -0.3 is 4.74 Å². The third kappa shape index (κ3) is 4.18. The first-order valence-electron chi connectivity index (χ1n) is 9.27. The Balaban J connectivity index is 1.39. The number of ether oxygens (including phenoxy) is 1. The Hall–Kier alpha value is -4.04. The first kappa shape index (κ1) is 19.3. The van der Waals surface area contributed by atoms with Crippen molar-refractivity contribution in [1.82, 2.24) is 15.8 Å². The molecule has 0 radical (unpaired) electrons. The Labute approximate surface area is 172 Å². The quantitative estimate of drug-likeness (QED) is 0.485. The lowest BCUT2D eigenvalue weighted by molar-refractivity contribution is -0.121. The highest BCUT2D eigenvalue weighted by atomic mass is 16.5. The Morgan fingerprint density at radius 3 is 2.30 bits per heavy atom. The maximum Gasteiger partial charge on any atom is 0.265 e. The van der Waals surface area contributed by atoms with Crippen LogP contribution in [-0.4, -0.2) is 28.7 Å². The number of rotatable bonds is 6. The van der Waals surface area contributed by atoms with Gasteiger partial charge in [0.1, 0.15) is 17.5 Å². The molecule has 30 heavy (non-hydrogen) atoms. The van der Waals surface area contributed by atoms with Crippen LogP contribution in [0.1, 0.15) is 16.8 Å². The van der Waals surface area contributed by atoms with Gasteiger partial charge >= 0.3 is 0 Å². The third-order valence-electron chi connectivity index (χ3n) is 4.52. The number of hydrogen-bond donors (Lipinski definition) is 2. The van der Waals surface area contributed by atoms with E-state index in [1.165, 1.54) is 12.4 Å². The Morgan fingerprint density at radius 1 is 0.933 bits per heavy atom. The van der Waals surface area contributed by atoms with Gasteiger partial charge in [0.2, 0.25) is 5.91 Å². The number of aromatic nitrogens is 1. The van der Waals surface area contributed by atoms with Gasteiger partial charge in [0, 0.05) is 18.0 Å². The summed E-state index contributed by atoms with van der Waals surface area (Å²) in [6, 6.07) is 18.2. The van der Waals surface area contributed by atoms with E-state index >= 15 is 0 Å². The van der Waals surface area contributed by atoms with Gasteiger partial charge in [-0.3, -0.25) is 24.8 Å². The van der Waals surface area contributed by atoms with Gasteiger partial charge in [-0.2, -0.15) is 0 Å². The number of anilines is 1. The summed E-state index contributed by atoms with van der Waals surface area (Å²) < 4.78 is 5.73. The minimum Gasteiger partial charge on any atom is -0.457 e. The molecule has 1 fully saturated rings. The minimum absolute atomic E-state index is 0.0578. The van der Waals surface area contributed by atoms with Crippen LogP contribution in [0.25, 0.3) is 0 Å². The number of carbonyl (C=O) groups is 3. The third-order valence-corrected chi connectivity index (χ3v) is 4.52. The maximum atomic E-state index is 12.7. The zero-order valence-electron chi connectivity index (χ0n) is 15.8. The molecule has 0 aliphatic carbocycles. The Bertz CT molecular complexity index is 1060.